The SMILES string of the molecule is Cc1ccc(C(C)NCC2CCC(C(C)(C)C)CC2)cc1. The van der Waals surface area contributed by atoms with Gasteiger partial charge in [0.05, 0.1) is 0 Å². The Bertz CT molecular complexity index is 418. The molecule has 0 saturated heterocycles. The third-order valence-electron chi connectivity index (χ3n) is 5.36. The highest BCUT2D eigenvalue weighted by Gasteiger charge is 2.29. The Morgan fingerprint density at radius 2 is 1.62 bits per heavy atom. The standard InChI is InChI=1S/C20H33N/c1-15-6-10-18(11-7-15)16(2)21-14-17-8-12-19(13-9-17)20(3,4)5/h6-7,10-11,16-17,19,21H,8-9,12-14H2,1-5H3. The summed E-state index contributed by atoms with van der Waals surface area (Å²) in [5.74, 6) is 1.79. The molecule has 1 aromatic rings. The zero-order valence-electron chi connectivity index (χ0n) is 14.6. The van der Waals surface area contributed by atoms with E-state index in [-0.39, 0.29) is 0 Å². The van der Waals surface area contributed by atoms with E-state index >= 15 is 0 Å². The summed E-state index contributed by atoms with van der Waals surface area (Å²) in [6.45, 7) is 12.8. The van der Waals surface area contributed by atoms with E-state index in [0.29, 0.717) is 11.5 Å². The first-order valence-corrected chi connectivity index (χ1v) is 8.66. The maximum atomic E-state index is 3.74. The Kier molecular flexibility index (Phi) is 5.48. The molecule has 118 valence electrons. The predicted molar refractivity (Wildman–Crippen MR) is 92.5 cm³/mol. The molecule has 1 heteroatoms. The molecule has 1 aliphatic rings. The first-order valence-electron chi connectivity index (χ1n) is 8.66. The van der Waals surface area contributed by atoms with E-state index < -0.39 is 0 Å². The molecule has 0 aromatic heterocycles. The summed E-state index contributed by atoms with van der Waals surface area (Å²) in [6.07, 6.45) is 5.62. The summed E-state index contributed by atoms with van der Waals surface area (Å²) >= 11 is 0. The molecule has 1 aliphatic carbocycles. The first-order chi connectivity index (χ1) is 9.86. The highest BCUT2D eigenvalue weighted by molar-refractivity contribution is 5.23. The molecule has 1 N–H and O–H groups in total. The molecule has 21 heavy (non-hydrogen) atoms. The Morgan fingerprint density at radius 3 is 2.14 bits per heavy atom. The largest absolute Gasteiger partial charge is 0.310 e. The van der Waals surface area contributed by atoms with Crippen molar-refractivity contribution in [3.05, 3.63) is 35.4 Å². The van der Waals surface area contributed by atoms with Gasteiger partial charge in [0.1, 0.15) is 0 Å². The average molecular weight is 287 g/mol. The van der Waals surface area contributed by atoms with Crippen molar-refractivity contribution in [2.24, 2.45) is 17.3 Å². The van der Waals surface area contributed by atoms with Gasteiger partial charge in [0.2, 0.25) is 0 Å². The van der Waals surface area contributed by atoms with E-state index in [9.17, 15) is 0 Å². The van der Waals surface area contributed by atoms with Gasteiger partial charge < -0.3 is 5.32 Å². The second-order valence-electron chi connectivity index (χ2n) is 8.12. The molecular weight excluding hydrogens is 254 g/mol. The fourth-order valence-corrected chi connectivity index (χ4v) is 3.55. The molecule has 0 bridgehead atoms. The molecule has 1 nitrogen and oxygen atoms in total. The highest BCUT2D eigenvalue weighted by Crippen LogP contribution is 2.39. The summed E-state index contributed by atoms with van der Waals surface area (Å²) in [6, 6.07) is 9.39. The molecule has 0 heterocycles. The quantitative estimate of drug-likeness (QED) is 0.771. The van der Waals surface area contributed by atoms with Crippen LogP contribution in [0.5, 0.6) is 0 Å². The molecule has 1 saturated carbocycles. The molecular formula is C20H33N. The van der Waals surface area contributed by atoms with Gasteiger partial charge >= 0.3 is 0 Å². The van der Waals surface area contributed by atoms with Crippen LogP contribution in [0.15, 0.2) is 24.3 Å². The maximum absolute atomic E-state index is 3.74. The second kappa shape index (κ2) is 6.96. The van der Waals surface area contributed by atoms with Gasteiger partial charge in [0, 0.05) is 6.04 Å². The van der Waals surface area contributed by atoms with Crippen molar-refractivity contribution in [1.29, 1.82) is 0 Å². The van der Waals surface area contributed by atoms with Crippen molar-refractivity contribution in [3.8, 4) is 0 Å². The van der Waals surface area contributed by atoms with E-state index in [2.05, 4.69) is 64.2 Å². The lowest BCUT2D eigenvalue weighted by molar-refractivity contribution is 0.148. The van der Waals surface area contributed by atoms with Gasteiger partial charge in [-0.2, -0.15) is 0 Å². The van der Waals surface area contributed by atoms with Gasteiger partial charge in [-0.15, -0.1) is 0 Å². The van der Waals surface area contributed by atoms with Gasteiger partial charge in [-0.05, 0) is 68.9 Å². The summed E-state index contributed by atoms with van der Waals surface area (Å²) in [4.78, 5) is 0. The van der Waals surface area contributed by atoms with Crippen LogP contribution in [0.2, 0.25) is 0 Å². The number of hydrogen-bond acceptors (Lipinski definition) is 1. The van der Waals surface area contributed by atoms with Crippen molar-refractivity contribution in [1.82, 2.24) is 5.32 Å². The molecule has 1 atom stereocenters. The van der Waals surface area contributed by atoms with Crippen molar-refractivity contribution < 1.29 is 0 Å². The normalized spacial score (nSPS) is 24.8. The fraction of sp³-hybridized carbons (Fsp3) is 0.700. The van der Waals surface area contributed by atoms with Gasteiger partial charge in [0.25, 0.3) is 0 Å². The third-order valence-corrected chi connectivity index (χ3v) is 5.36. The summed E-state index contributed by atoms with van der Waals surface area (Å²) in [5, 5.41) is 3.74. The average Bonchev–Trinajstić information content (AvgIpc) is 2.45. The number of hydrogen-bond donors (Lipinski definition) is 1. The Balaban J connectivity index is 1.76. The molecule has 0 radical (unpaired) electrons. The zero-order chi connectivity index (χ0) is 15.5. The van der Waals surface area contributed by atoms with Crippen molar-refractivity contribution in [2.75, 3.05) is 6.54 Å². The first kappa shape index (κ1) is 16.5. The zero-order valence-corrected chi connectivity index (χ0v) is 14.6. The van der Waals surface area contributed by atoms with Gasteiger partial charge in [-0.3, -0.25) is 0 Å². The topological polar surface area (TPSA) is 12.0 Å². The summed E-state index contributed by atoms with van der Waals surface area (Å²) in [5.41, 5.74) is 3.24. The van der Waals surface area contributed by atoms with E-state index in [0.717, 1.165) is 11.8 Å². The fourth-order valence-electron chi connectivity index (χ4n) is 3.55. The molecule has 1 fully saturated rings. The van der Waals surface area contributed by atoms with E-state index in [1.807, 2.05) is 0 Å². The predicted octanol–water partition coefficient (Wildman–Crippen LogP) is 5.50. The van der Waals surface area contributed by atoms with Crippen LogP contribution >= 0.6 is 0 Å². The number of benzene rings is 1. The second-order valence-corrected chi connectivity index (χ2v) is 8.12. The molecule has 0 amide bonds. The van der Waals surface area contributed by atoms with E-state index in [1.165, 1.54) is 43.4 Å². The number of aryl methyl sites for hydroxylation is 1. The van der Waals surface area contributed by atoms with Crippen molar-refractivity contribution in [3.63, 3.8) is 0 Å². The van der Waals surface area contributed by atoms with Gasteiger partial charge in [0.15, 0.2) is 0 Å². The van der Waals surface area contributed by atoms with Crippen LogP contribution in [0.4, 0.5) is 0 Å². The number of nitrogens with one attached hydrogen (secondary N) is 1. The minimum atomic E-state index is 0.464. The van der Waals surface area contributed by atoms with Crippen LogP contribution in [0.3, 0.4) is 0 Å². The lowest BCUT2D eigenvalue weighted by Crippen LogP contribution is -2.31. The summed E-state index contributed by atoms with van der Waals surface area (Å²) < 4.78 is 0. The minimum absolute atomic E-state index is 0.464. The van der Waals surface area contributed by atoms with Gasteiger partial charge in [-0.25, -0.2) is 0 Å². The lowest BCUT2D eigenvalue weighted by Gasteiger charge is -2.37. The van der Waals surface area contributed by atoms with Gasteiger partial charge in [-0.1, -0.05) is 50.6 Å². The molecule has 1 unspecified atom stereocenters. The molecule has 2 rings (SSSR count). The van der Waals surface area contributed by atoms with E-state index in [4.69, 9.17) is 0 Å². The Hall–Kier alpha value is -0.820. The van der Waals surface area contributed by atoms with Crippen LogP contribution in [0.1, 0.15) is 70.5 Å². The Morgan fingerprint density at radius 1 is 1.05 bits per heavy atom. The summed E-state index contributed by atoms with van der Waals surface area (Å²) in [7, 11) is 0. The molecule has 0 spiro atoms. The maximum Gasteiger partial charge on any atom is 0.0291 e. The minimum Gasteiger partial charge on any atom is -0.310 e. The van der Waals surface area contributed by atoms with Crippen LogP contribution in [-0.2, 0) is 0 Å². The van der Waals surface area contributed by atoms with Crippen LogP contribution in [0, 0.1) is 24.2 Å². The smallest absolute Gasteiger partial charge is 0.0291 e. The monoisotopic (exact) mass is 287 g/mol. The van der Waals surface area contributed by atoms with Crippen LogP contribution in [-0.4, -0.2) is 6.54 Å². The van der Waals surface area contributed by atoms with E-state index in [1.54, 1.807) is 0 Å². The van der Waals surface area contributed by atoms with Crippen molar-refractivity contribution >= 4 is 0 Å². The molecule has 1 aromatic carbocycles. The highest BCUT2D eigenvalue weighted by atomic mass is 14.9. The van der Waals surface area contributed by atoms with Crippen LogP contribution in [0.25, 0.3) is 0 Å². The molecule has 0 aliphatic heterocycles. The Labute approximate surface area is 131 Å². The lowest BCUT2D eigenvalue weighted by atomic mass is 9.70. The number of rotatable bonds is 4. The third kappa shape index (κ3) is 4.85. The van der Waals surface area contributed by atoms with Crippen LogP contribution < -0.4 is 5.32 Å². The van der Waals surface area contributed by atoms with Crippen molar-refractivity contribution in [2.45, 2.75) is 66.3 Å².